The molecule has 3 nitrogen and oxygen atoms in total. The average Bonchev–Trinajstić information content (AvgIpc) is 2.42. The minimum Gasteiger partial charge on any atom is -0.464 e. The van der Waals surface area contributed by atoms with E-state index in [0.29, 0.717) is 6.61 Å². The van der Waals surface area contributed by atoms with E-state index in [0.717, 1.165) is 18.4 Å². The predicted octanol–water partition coefficient (Wildman–Crippen LogP) is 3.20. The van der Waals surface area contributed by atoms with Crippen molar-refractivity contribution in [2.24, 2.45) is 5.73 Å². The Bertz CT molecular complexity index is 338. The Morgan fingerprint density at radius 1 is 1.17 bits per heavy atom. The summed E-state index contributed by atoms with van der Waals surface area (Å²) in [5.74, 6) is -0.336. The number of hydrogen-bond donors (Lipinski definition) is 1. The van der Waals surface area contributed by atoms with Crippen molar-refractivity contribution in [3.8, 4) is 0 Å². The van der Waals surface area contributed by atoms with Gasteiger partial charge in [0.1, 0.15) is 6.04 Å². The molecule has 0 saturated heterocycles. The van der Waals surface area contributed by atoms with Crippen molar-refractivity contribution in [1.82, 2.24) is 0 Å². The van der Waals surface area contributed by atoms with E-state index >= 15 is 0 Å². The van der Waals surface area contributed by atoms with Crippen LogP contribution >= 0.6 is 0 Å². The molecule has 0 aliphatic heterocycles. The molecule has 3 heteroatoms. The van der Waals surface area contributed by atoms with Gasteiger partial charge in [0.05, 0.1) is 6.61 Å². The predicted molar refractivity (Wildman–Crippen MR) is 73.1 cm³/mol. The maximum atomic E-state index is 11.7. The number of unbranched alkanes of at least 4 members (excludes halogenated alkanes) is 4. The van der Waals surface area contributed by atoms with Crippen molar-refractivity contribution in [2.75, 3.05) is 6.61 Å². The maximum absolute atomic E-state index is 11.7. The second-order valence-electron chi connectivity index (χ2n) is 4.47. The molecule has 0 aliphatic carbocycles. The van der Waals surface area contributed by atoms with Gasteiger partial charge in [-0.25, -0.2) is 4.79 Å². The molecule has 0 spiro atoms. The van der Waals surface area contributed by atoms with Gasteiger partial charge in [-0.2, -0.15) is 0 Å². The summed E-state index contributed by atoms with van der Waals surface area (Å²) in [5, 5.41) is 0. The zero-order chi connectivity index (χ0) is 13.2. The van der Waals surface area contributed by atoms with Gasteiger partial charge in [-0.15, -0.1) is 0 Å². The minimum atomic E-state index is -0.665. The van der Waals surface area contributed by atoms with Crippen molar-refractivity contribution < 1.29 is 9.53 Å². The van der Waals surface area contributed by atoms with Crippen LogP contribution in [0.4, 0.5) is 0 Å². The summed E-state index contributed by atoms with van der Waals surface area (Å²) in [6.45, 7) is 2.65. The lowest BCUT2D eigenvalue weighted by Crippen LogP contribution is -2.24. The van der Waals surface area contributed by atoms with Gasteiger partial charge in [-0.3, -0.25) is 0 Å². The van der Waals surface area contributed by atoms with Crippen LogP contribution in [-0.4, -0.2) is 12.6 Å². The molecule has 1 atom stereocenters. The Balaban J connectivity index is 2.20. The molecule has 0 heterocycles. The summed E-state index contributed by atoms with van der Waals surface area (Å²) in [6, 6.07) is 8.65. The number of carbonyl (C=O) groups excluding carboxylic acids is 1. The van der Waals surface area contributed by atoms with Crippen molar-refractivity contribution in [1.29, 1.82) is 0 Å². The lowest BCUT2D eigenvalue weighted by molar-refractivity contribution is -0.145. The van der Waals surface area contributed by atoms with Gasteiger partial charge in [0.25, 0.3) is 0 Å². The van der Waals surface area contributed by atoms with Crippen molar-refractivity contribution >= 4 is 5.97 Å². The number of carbonyl (C=O) groups is 1. The molecular weight excluding hydrogens is 226 g/mol. The Labute approximate surface area is 109 Å². The van der Waals surface area contributed by atoms with Crippen LogP contribution in [0.1, 0.15) is 50.6 Å². The Hall–Kier alpha value is -1.35. The van der Waals surface area contributed by atoms with Crippen LogP contribution in [0.5, 0.6) is 0 Å². The summed E-state index contributed by atoms with van der Waals surface area (Å²) in [7, 11) is 0. The first-order valence-corrected chi connectivity index (χ1v) is 6.73. The number of rotatable bonds is 8. The molecule has 0 saturated carbocycles. The van der Waals surface area contributed by atoms with Crippen molar-refractivity contribution in [3.05, 3.63) is 35.9 Å². The molecule has 0 radical (unpaired) electrons. The molecule has 0 amide bonds. The fourth-order valence-electron chi connectivity index (χ4n) is 1.76. The van der Waals surface area contributed by atoms with E-state index in [9.17, 15) is 4.79 Å². The molecule has 1 aromatic carbocycles. The third-order valence-corrected chi connectivity index (χ3v) is 2.90. The van der Waals surface area contributed by atoms with Crippen molar-refractivity contribution in [2.45, 2.75) is 45.1 Å². The molecule has 1 aromatic rings. The maximum Gasteiger partial charge on any atom is 0.327 e. The third-order valence-electron chi connectivity index (χ3n) is 2.90. The summed E-state index contributed by atoms with van der Waals surface area (Å²) in [5.41, 5.74) is 6.63. The molecule has 0 aliphatic rings. The molecular formula is C15H23NO2. The number of benzene rings is 1. The fraction of sp³-hybridized carbons (Fsp3) is 0.533. The zero-order valence-electron chi connectivity index (χ0n) is 11.1. The Morgan fingerprint density at radius 3 is 2.50 bits per heavy atom. The zero-order valence-corrected chi connectivity index (χ0v) is 11.1. The SMILES string of the molecule is CCCCCCCOC(=O)C(N)c1ccccc1. The van der Waals surface area contributed by atoms with Gasteiger partial charge in [-0.1, -0.05) is 62.9 Å². The number of ether oxygens (including phenoxy) is 1. The van der Waals surface area contributed by atoms with Crippen LogP contribution in [0.15, 0.2) is 30.3 Å². The van der Waals surface area contributed by atoms with E-state index in [1.807, 2.05) is 30.3 Å². The van der Waals surface area contributed by atoms with Gasteiger partial charge in [0, 0.05) is 0 Å². The van der Waals surface area contributed by atoms with Crippen LogP contribution in [0.3, 0.4) is 0 Å². The molecule has 0 fully saturated rings. The highest BCUT2D eigenvalue weighted by molar-refractivity contribution is 5.77. The molecule has 100 valence electrons. The lowest BCUT2D eigenvalue weighted by Gasteiger charge is -2.11. The molecule has 1 rings (SSSR count). The quantitative estimate of drug-likeness (QED) is 0.568. The topological polar surface area (TPSA) is 52.3 Å². The van der Waals surface area contributed by atoms with Crippen molar-refractivity contribution in [3.63, 3.8) is 0 Å². The molecule has 1 unspecified atom stereocenters. The number of hydrogen-bond acceptors (Lipinski definition) is 3. The number of nitrogens with two attached hydrogens (primary N) is 1. The van der Waals surface area contributed by atoms with Crippen LogP contribution in [0.2, 0.25) is 0 Å². The van der Waals surface area contributed by atoms with Gasteiger partial charge in [0.2, 0.25) is 0 Å². The Morgan fingerprint density at radius 2 is 1.83 bits per heavy atom. The second kappa shape index (κ2) is 8.70. The highest BCUT2D eigenvalue weighted by Crippen LogP contribution is 2.11. The summed E-state index contributed by atoms with van der Waals surface area (Å²) < 4.78 is 5.17. The summed E-state index contributed by atoms with van der Waals surface area (Å²) in [6.07, 6.45) is 5.71. The van der Waals surface area contributed by atoms with E-state index in [1.54, 1.807) is 0 Å². The first kappa shape index (κ1) is 14.7. The fourth-order valence-corrected chi connectivity index (χ4v) is 1.76. The van der Waals surface area contributed by atoms with E-state index in [-0.39, 0.29) is 5.97 Å². The molecule has 2 N–H and O–H groups in total. The summed E-state index contributed by atoms with van der Waals surface area (Å²) in [4.78, 5) is 11.7. The first-order valence-electron chi connectivity index (χ1n) is 6.73. The smallest absolute Gasteiger partial charge is 0.327 e. The van der Waals surface area contributed by atoms with Gasteiger partial charge in [0.15, 0.2) is 0 Å². The molecule has 18 heavy (non-hydrogen) atoms. The monoisotopic (exact) mass is 249 g/mol. The van der Waals surface area contributed by atoms with E-state index in [1.165, 1.54) is 19.3 Å². The van der Waals surface area contributed by atoms with Crippen LogP contribution < -0.4 is 5.73 Å². The number of esters is 1. The molecule has 0 aromatic heterocycles. The first-order chi connectivity index (χ1) is 8.75. The highest BCUT2D eigenvalue weighted by Gasteiger charge is 2.16. The van der Waals surface area contributed by atoms with Gasteiger partial charge in [-0.05, 0) is 12.0 Å². The lowest BCUT2D eigenvalue weighted by atomic mass is 10.1. The largest absolute Gasteiger partial charge is 0.464 e. The van der Waals surface area contributed by atoms with Gasteiger partial charge < -0.3 is 10.5 Å². The summed E-state index contributed by atoms with van der Waals surface area (Å²) >= 11 is 0. The van der Waals surface area contributed by atoms with Gasteiger partial charge >= 0.3 is 5.97 Å². The third kappa shape index (κ3) is 5.32. The van der Waals surface area contributed by atoms with Crippen LogP contribution in [-0.2, 0) is 9.53 Å². The highest BCUT2D eigenvalue weighted by atomic mass is 16.5. The molecule has 0 bridgehead atoms. The van der Waals surface area contributed by atoms with E-state index in [2.05, 4.69) is 6.92 Å². The Kier molecular flexibility index (Phi) is 7.11. The van der Waals surface area contributed by atoms with E-state index < -0.39 is 6.04 Å². The minimum absolute atomic E-state index is 0.336. The standard InChI is InChI=1S/C15H23NO2/c1-2-3-4-5-9-12-18-15(17)14(16)13-10-7-6-8-11-13/h6-8,10-11,14H,2-5,9,12,16H2,1H3. The normalized spacial score (nSPS) is 12.1. The second-order valence-corrected chi connectivity index (χ2v) is 4.47. The average molecular weight is 249 g/mol. The van der Waals surface area contributed by atoms with E-state index in [4.69, 9.17) is 10.5 Å². The van der Waals surface area contributed by atoms with Crippen LogP contribution in [0, 0.1) is 0 Å². The van der Waals surface area contributed by atoms with Crippen LogP contribution in [0.25, 0.3) is 0 Å².